The van der Waals surface area contributed by atoms with Crippen LogP contribution in [0, 0.1) is 0 Å². The quantitative estimate of drug-likeness (QED) is 0.0931. The van der Waals surface area contributed by atoms with Crippen molar-refractivity contribution in [3.05, 3.63) is 36.9 Å². The van der Waals surface area contributed by atoms with Gasteiger partial charge in [-0.2, -0.15) is 0 Å². The largest absolute Gasteiger partial charge is 0.494 e. The number of piperazine rings is 1. The highest BCUT2D eigenvalue weighted by atomic mass is 16.5. The Kier molecular flexibility index (Phi) is 20.2. The van der Waals surface area contributed by atoms with Gasteiger partial charge in [0.05, 0.1) is 6.61 Å². The third kappa shape index (κ3) is 16.5. The summed E-state index contributed by atoms with van der Waals surface area (Å²) in [6, 6.07) is 8.79. The van der Waals surface area contributed by atoms with Crippen LogP contribution >= 0.6 is 0 Å². The molecule has 218 valence electrons. The van der Waals surface area contributed by atoms with Crippen molar-refractivity contribution >= 4 is 5.69 Å². The molecule has 0 bridgehead atoms. The predicted molar refractivity (Wildman–Crippen MR) is 169 cm³/mol. The van der Waals surface area contributed by atoms with Crippen molar-refractivity contribution in [3.8, 4) is 5.75 Å². The van der Waals surface area contributed by atoms with Crippen LogP contribution in [0.1, 0.15) is 135 Å². The summed E-state index contributed by atoms with van der Waals surface area (Å²) in [7, 11) is 0. The SMILES string of the molecule is C=CCCCCCCCOc1ccc(N2CCN(CCCCCCCCCCCCCCCC)CC2)cc1. The maximum absolute atomic E-state index is 5.97. The van der Waals surface area contributed by atoms with Gasteiger partial charge in [-0.15, -0.1) is 6.58 Å². The fraction of sp³-hybridized carbons (Fsp3) is 0.771. The molecule has 0 saturated carbocycles. The van der Waals surface area contributed by atoms with E-state index < -0.39 is 0 Å². The number of hydrogen-bond acceptors (Lipinski definition) is 3. The van der Waals surface area contributed by atoms with Crippen LogP contribution in [0.4, 0.5) is 5.69 Å². The Balaban J connectivity index is 1.40. The lowest BCUT2D eigenvalue weighted by molar-refractivity contribution is 0.252. The number of allylic oxidation sites excluding steroid dienone is 1. The number of hydrogen-bond donors (Lipinski definition) is 0. The molecule has 0 spiro atoms. The Morgan fingerprint density at radius 2 is 1.13 bits per heavy atom. The van der Waals surface area contributed by atoms with Crippen molar-refractivity contribution in [2.45, 2.75) is 135 Å². The molecule has 0 aromatic heterocycles. The van der Waals surface area contributed by atoms with Gasteiger partial charge in [-0.3, -0.25) is 4.90 Å². The third-order valence-electron chi connectivity index (χ3n) is 8.22. The minimum absolute atomic E-state index is 0.832. The second kappa shape index (κ2) is 23.4. The molecule has 0 N–H and O–H groups in total. The highest BCUT2D eigenvalue weighted by molar-refractivity contribution is 5.49. The number of benzene rings is 1. The van der Waals surface area contributed by atoms with E-state index in [0.29, 0.717) is 0 Å². The highest BCUT2D eigenvalue weighted by Gasteiger charge is 2.16. The lowest BCUT2D eigenvalue weighted by atomic mass is 10.0. The number of anilines is 1. The number of unbranched alkanes of at least 4 members (excludes halogenated alkanes) is 18. The van der Waals surface area contributed by atoms with Gasteiger partial charge in [0, 0.05) is 31.9 Å². The van der Waals surface area contributed by atoms with Gasteiger partial charge < -0.3 is 9.64 Å². The monoisotopic (exact) mass is 526 g/mol. The van der Waals surface area contributed by atoms with Crippen molar-refractivity contribution in [2.24, 2.45) is 0 Å². The molecule has 1 fully saturated rings. The smallest absolute Gasteiger partial charge is 0.119 e. The summed E-state index contributed by atoms with van der Waals surface area (Å²) in [5.41, 5.74) is 1.34. The molecule has 1 aromatic rings. The van der Waals surface area contributed by atoms with Gasteiger partial charge in [-0.05, 0) is 56.5 Å². The molecule has 1 heterocycles. The number of nitrogens with zero attached hydrogens (tertiary/aromatic N) is 2. The van der Waals surface area contributed by atoms with Crippen LogP contribution in [0.2, 0.25) is 0 Å². The van der Waals surface area contributed by atoms with Crippen molar-refractivity contribution in [3.63, 3.8) is 0 Å². The van der Waals surface area contributed by atoms with Crippen LogP contribution in [-0.4, -0.2) is 44.2 Å². The van der Waals surface area contributed by atoms with E-state index in [-0.39, 0.29) is 0 Å². The second-order valence-electron chi connectivity index (χ2n) is 11.6. The van der Waals surface area contributed by atoms with Crippen molar-refractivity contribution in [1.29, 1.82) is 0 Å². The normalized spacial score (nSPS) is 14.2. The van der Waals surface area contributed by atoms with E-state index in [2.05, 4.69) is 47.6 Å². The molecule has 2 rings (SSSR count). The molecule has 1 saturated heterocycles. The van der Waals surface area contributed by atoms with Crippen molar-refractivity contribution in [1.82, 2.24) is 4.90 Å². The van der Waals surface area contributed by atoms with Crippen LogP contribution in [0.25, 0.3) is 0 Å². The summed E-state index contributed by atoms with van der Waals surface area (Å²) in [4.78, 5) is 5.21. The molecule has 3 heteroatoms. The van der Waals surface area contributed by atoms with E-state index in [1.54, 1.807) is 0 Å². The minimum atomic E-state index is 0.832. The van der Waals surface area contributed by atoms with E-state index >= 15 is 0 Å². The fourth-order valence-electron chi connectivity index (χ4n) is 5.62. The highest BCUT2D eigenvalue weighted by Crippen LogP contribution is 2.21. The zero-order chi connectivity index (χ0) is 26.9. The minimum Gasteiger partial charge on any atom is -0.494 e. The van der Waals surface area contributed by atoms with E-state index in [1.807, 2.05) is 6.08 Å². The zero-order valence-corrected chi connectivity index (χ0v) is 25.3. The third-order valence-corrected chi connectivity index (χ3v) is 8.22. The molecule has 0 aliphatic carbocycles. The van der Waals surface area contributed by atoms with Crippen LogP contribution in [0.3, 0.4) is 0 Å². The van der Waals surface area contributed by atoms with Crippen LogP contribution in [0.5, 0.6) is 5.75 Å². The van der Waals surface area contributed by atoms with Crippen LogP contribution in [0.15, 0.2) is 36.9 Å². The van der Waals surface area contributed by atoms with Gasteiger partial charge in [0.25, 0.3) is 0 Å². The van der Waals surface area contributed by atoms with Crippen LogP contribution < -0.4 is 9.64 Å². The molecule has 1 aromatic carbocycles. The standard InChI is InChI=1S/C35H62N2O/c1-3-5-7-9-11-12-13-14-15-16-17-18-20-22-28-36-29-31-37(32-30-36)34-24-26-35(27-25-34)38-33-23-21-19-10-8-6-4-2/h4,24-27H,2-3,5-23,28-33H2,1H3. The maximum Gasteiger partial charge on any atom is 0.119 e. The van der Waals surface area contributed by atoms with Gasteiger partial charge in [-0.25, -0.2) is 0 Å². The number of ether oxygens (including phenoxy) is 1. The molecule has 1 aliphatic rings. The molecule has 0 amide bonds. The number of rotatable bonds is 25. The predicted octanol–water partition coefficient (Wildman–Crippen LogP) is 10.2. The average Bonchev–Trinajstić information content (AvgIpc) is 2.95. The lowest BCUT2D eigenvalue weighted by Gasteiger charge is -2.36. The first-order valence-corrected chi connectivity index (χ1v) is 16.6. The lowest BCUT2D eigenvalue weighted by Crippen LogP contribution is -2.46. The molecule has 1 aliphatic heterocycles. The van der Waals surface area contributed by atoms with Gasteiger partial charge in [-0.1, -0.05) is 116 Å². The van der Waals surface area contributed by atoms with Gasteiger partial charge in [0.2, 0.25) is 0 Å². The van der Waals surface area contributed by atoms with Crippen molar-refractivity contribution < 1.29 is 4.74 Å². The second-order valence-corrected chi connectivity index (χ2v) is 11.6. The Labute approximate surface area is 237 Å². The van der Waals surface area contributed by atoms with Gasteiger partial charge >= 0.3 is 0 Å². The van der Waals surface area contributed by atoms with E-state index in [1.165, 1.54) is 141 Å². The first-order chi connectivity index (χ1) is 18.8. The summed E-state index contributed by atoms with van der Waals surface area (Å²) < 4.78 is 5.97. The first kappa shape index (κ1) is 32.7. The Morgan fingerprint density at radius 1 is 0.632 bits per heavy atom. The molecular weight excluding hydrogens is 464 g/mol. The summed E-state index contributed by atoms with van der Waals surface area (Å²) >= 11 is 0. The topological polar surface area (TPSA) is 15.7 Å². The van der Waals surface area contributed by atoms with Crippen LogP contribution in [-0.2, 0) is 0 Å². The van der Waals surface area contributed by atoms with E-state index in [4.69, 9.17) is 4.74 Å². The zero-order valence-electron chi connectivity index (χ0n) is 25.3. The molecule has 0 unspecified atom stereocenters. The summed E-state index contributed by atoms with van der Waals surface area (Å²) in [6.07, 6.45) is 29.6. The summed E-state index contributed by atoms with van der Waals surface area (Å²) in [5, 5.41) is 0. The fourth-order valence-corrected chi connectivity index (χ4v) is 5.62. The molecule has 0 radical (unpaired) electrons. The van der Waals surface area contributed by atoms with E-state index in [0.717, 1.165) is 38.3 Å². The molecule has 0 atom stereocenters. The first-order valence-electron chi connectivity index (χ1n) is 16.6. The summed E-state index contributed by atoms with van der Waals surface area (Å²) in [5.74, 6) is 1.01. The maximum atomic E-state index is 5.97. The molecule has 38 heavy (non-hydrogen) atoms. The van der Waals surface area contributed by atoms with Gasteiger partial charge in [0.1, 0.15) is 5.75 Å². The molecule has 3 nitrogen and oxygen atoms in total. The Hall–Kier alpha value is -1.48. The molecular formula is C35H62N2O. The van der Waals surface area contributed by atoms with Gasteiger partial charge in [0.15, 0.2) is 0 Å². The summed E-state index contributed by atoms with van der Waals surface area (Å²) in [6.45, 7) is 12.9. The van der Waals surface area contributed by atoms with Crippen molar-refractivity contribution in [2.75, 3.05) is 44.2 Å². The van der Waals surface area contributed by atoms with E-state index in [9.17, 15) is 0 Å². The average molecular weight is 527 g/mol. The Morgan fingerprint density at radius 3 is 1.68 bits per heavy atom. The Bertz CT molecular complexity index is 650.